The quantitative estimate of drug-likeness (QED) is 0.475. The molecule has 0 radical (unpaired) electrons. The van der Waals surface area contributed by atoms with Crippen molar-refractivity contribution in [1.82, 2.24) is 0 Å². The molecule has 0 saturated carbocycles. The van der Waals surface area contributed by atoms with Crippen molar-refractivity contribution >= 4 is 23.3 Å². The summed E-state index contributed by atoms with van der Waals surface area (Å²) in [5.74, 6) is -1.16. The van der Waals surface area contributed by atoms with E-state index in [2.05, 4.69) is 0 Å². The first kappa shape index (κ1) is 10.5. The minimum absolute atomic E-state index is 0.0436. The number of hydrogen-bond acceptors (Lipinski definition) is 3. The third kappa shape index (κ3) is 2.20. The first-order valence-electron chi connectivity index (χ1n) is 3.62. The zero-order valence-corrected chi connectivity index (χ0v) is 7.69. The third-order valence-corrected chi connectivity index (χ3v) is 1.90. The number of nitro groups is 1. The number of hydrogen-bond donors (Lipinski definition) is 1. The number of benzene rings is 1. The van der Waals surface area contributed by atoms with Crippen LogP contribution in [0.4, 0.5) is 5.69 Å². The van der Waals surface area contributed by atoms with Gasteiger partial charge in [-0.1, -0.05) is 0 Å². The van der Waals surface area contributed by atoms with E-state index in [-0.39, 0.29) is 17.1 Å². The number of carboxylic acids is 1. The molecule has 0 aliphatic carbocycles. The molecule has 0 atom stereocenters. The molecule has 1 aromatic rings. The van der Waals surface area contributed by atoms with E-state index in [1.165, 1.54) is 12.1 Å². The molecular formula is C8H6ClNO4. The van der Waals surface area contributed by atoms with Crippen LogP contribution in [-0.4, -0.2) is 16.0 Å². The van der Waals surface area contributed by atoms with Crippen LogP contribution in [-0.2, 0) is 5.88 Å². The van der Waals surface area contributed by atoms with E-state index < -0.39 is 10.9 Å². The minimum Gasteiger partial charge on any atom is -0.478 e. The summed E-state index contributed by atoms with van der Waals surface area (Å²) < 4.78 is 0. The lowest BCUT2D eigenvalue weighted by atomic mass is 10.1. The second-order valence-electron chi connectivity index (χ2n) is 2.58. The van der Waals surface area contributed by atoms with Crippen molar-refractivity contribution < 1.29 is 14.8 Å². The van der Waals surface area contributed by atoms with Crippen LogP contribution in [0.3, 0.4) is 0 Å². The Morgan fingerprint density at radius 1 is 1.50 bits per heavy atom. The van der Waals surface area contributed by atoms with E-state index in [1.807, 2.05) is 0 Å². The summed E-state index contributed by atoms with van der Waals surface area (Å²) in [5, 5.41) is 19.1. The maximum atomic E-state index is 10.6. The van der Waals surface area contributed by atoms with Crippen LogP contribution in [0.25, 0.3) is 0 Å². The highest BCUT2D eigenvalue weighted by molar-refractivity contribution is 6.17. The van der Waals surface area contributed by atoms with Gasteiger partial charge in [-0.15, -0.1) is 11.6 Å². The molecule has 74 valence electrons. The van der Waals surface area contributed by atoms with Gasteiger partial charge in [0.25, 0.3) is 5.69 Å². The Labute approximate surface area is 84.1 Å². The van der Waals surface area contributed by atoms with Crippen LogP contribution < -0.4 is 0 Å². The van der Waals surface area contributed by atoms with E-state index in [0.29, 0.717) is 5.56 Å². The van der Waals surface area contributed by atoms with Crippen LogP contribution in [0.5, 0.6) is 0 Å². The smallest absolute Gasteiger partial charge is 0.335 e. The van der Waals surface area contributed by atoms with Crippen LogP contribution in [0.2, 0.25) is 0 Å². The molecule has 0 bridgehead atoms. The average molecular weight is 216 g/mol. The predicted octanol–water partition coefficient (Wildman–Crippen LogP) is 2.03. The summed E-state index contributed by atoms with van der Waals surface area (Å²) in [6.07, 6.45) is 0. The van der Waals surface area contributed by atoms with Crippen molar-refractivity contribution in [2.24, 2.45) is 0 Å². The fraction of sp³-hybridized carbons (Fsp3) is 0.125. The second-order valence-corrected chi connectivity index (χ2v) is 2.85. The molecule has 0 aliphatic rings. The van der Waals surface area contributed by atoms with E-state index >= 15 is 0 Å². The van der Waals surface area contributed by atoms with Gasteiger partial charge >= 0.3 is 5.97 Å². The van der Waals surface area contributed by atoms with Crippen LogP contribution >= 0.6 is 11.6 Å². The fourth-order valence-electron chi connectivity index (χ4n) is 0.980. The monoisotopic (exact) mass is 215 g/mol. The lowest BCUT2D eigenvalue weighted by Gasteiger charge is -1.99. The molecule has 0 heterocycles. The molecule has 1 rings (SSSR count). The summed E-state index contributed by atoms with van der Waals surface area (Å²) in [6.45, 7) is 0. The van der Waals surface area contributed by atoms with Crippen molar-refractivity contribution in [2.45, 2.75) is 5.88 Å². The van der Waals surface area contributed by atoms with Gasteiger partial charge < -0.3 is 5.11 Å². The number of aromatic carboxylic acids is 1. The van der Waals surface area contributed by atoms with Gasteiger partial charge in [-0.05, 0) is 11.6 Å². The molecule has 0 spiro atoms. The lowest BCUT2D eigenvalue weighted by Crippen LogP contribution is -1.99. The minimum atomic E-state index is -1.21. The van der Waals surface area contributed by atoms with Gasteiger partial charge in [0.15, 0.2) is 0 Å². The number of carbonyl (C=O) groups is 1. The molecule has 0 saturated heterocycles. The number of carboxylic acid groups (broad SMARTS) is 1. The fourth-order valence-corrected chi connectivity index (χ4v) is 1.13. The van der Waals surface area contributed by atoms with Crippen molar-refractivity contribution in [3.63, 3.8) is 0 Å². The van der Waals surface area contributed by atoms with Crippen LogP contribution in [0, 0.1) is 10.1 Å². The molecule has 1 aromatic carbocycles. The predicted molar refractivity (Wildman–Crippen MR) is 49.6 cm³/mol. The molecule has 6 heteroatoms. The Balaban J connectivity index is 3.27. The summed E-state index contributed by atoms with van der Waals surface area (Å²) >= 11 is 5.46. The van der Waals surface area contributed by atoms with E-state index in [1.54, 1.807) is 0 Å². The Morgan fingerprint density at radius 3 is 2.57 bits per heavy atom. The maximum absolute atomic E-state index is 10.6. The first-order chi connectivity index (χ1) is 6.54. The molecule has 0 aliphatic heterocycles. The molecule has 0 aromatic heterocycles. The molecule has 0 amide bonds. The summed E-state index contributed by atoms with van der Waals surface area (Å²) in [4.78, 5) is 20.3. The molecular weight excluding hydrogens is 210 g/mol. The van der Waals surface area contributed by atoms with E-state index in [0.717, 1.165) is 6.07 Å². The number of rotatable bonds is 3. The number of halogens is 1. The van der Waals surface area contributed by atoms with Gasteiger partial charge in [-0.3, -0.25) is 10.1 Å². The number of nitrogens with zero attached hydrogens (tertiary/aromatic N) is 1. The Hall–Kier alpha value is -1.62. The largest absolute Gasteiger partial charge is 0.478 e. The van der Waals surface area contributed by atoms with Gasteiger partial charge in [-0.2, -0.15) is 0 Å². The standard InChI is InChI=1S/C8H6ClNO4/c9-4-5-1-6(8(11)12)3-7(2-5)10(13)14/h1-3H,4H2,(H,11,12). The molecule has 0 unspecified atom stereocenters. The Kier molecular flexibility index (Phi) is 3.03. The van der Waals surface area contributed by atoms with Gasteiger partial charge in [0.05, 0.1) is 10.5 Å². The summed E-state index contributed by atoms with van der Waals surface area (Å²) in [6, 6.07) is 3.56. The first-order valence-corrected chi connectivity index (χ1v) is 4.15. The second kappa shape index (κ2) is 4.06. The van der Waals surface area contributed by atoms with Crippen molar-refractivity contribution in [3.05, 3.63) is 39.4 Å². The Bertz CT molecular complexity index is 359. The van der Waals surface area contributed by atoms with Gasteiger partial charge in [0, 0.05) is 18.0 Å². The highest BCUT2D eigenvalue weighted by Gasteiger charge is 2.12. The maximum Gasteiger partial charge on any atom is 0.335 e. The number of nitro benzene ring substituents is 1. The topological polar surface area (TPSA) is 80.4 Å². The van der Waals surface area contributed by atoms with E-state index in [9.17, 15) is 14.9 Å². The zero-order chi connectivity index (χ0) is 10.7. The zero-order valence-electron chi connectivity index (χ0n) is 6.94. The Morgan fingerprint density at radius 2 is 2.14 bits per heavy atom. The van der Waals surface area contributed by atoms with Gasteiger partial charge in [0.2, 0.25) is 0 Å². The highest BCUT2D eigenvalue weighted by atomic mass is 35.5. The average Bonchev–Trinajstić information content (AvgIpc) is 2.16. The lowest BCUT2D eigenvalue weighted by molar-refractivity contribution is -0.384. The normalized spacial score (nSPS) is 9.79. The van der Waals surface area contributed by atoms with Gasteiger partial charge in [0.1, 0.15) is 0 Å². The number of non-ortho nitro benzene ring substituents is 1. The molecule has 1 N–H and O–H groups in total. The van der Waals surface area contributed by atoms with Crippen molar-refractivity contribution in [3.8, 4) is 0 Å². The van der Waals surface area contributed by atoms with Crippen LogP contribution in [0.15, 0.2) is 18.2 Å². The molecule has 5 nitrogen and oxygen atoms in total. The third-order valence-electron chi connectivity index (χ3n) is 1.59. The van der Waals surface area contributed by atoms with Crippen LogP contribution in [0.1, 0.15) is 15.9 Å². The SMILES string of the molecule is O=C(O)c1cc(CCl)cc([N+](=O)[O-])c1. The summed E-state index contributed by atoms with van der Waals surface area (Å²) in [7, 11) is 0. The van der Waals surface area contributed by atoms with Gasteiger partial charge in [-0.25, -0.2) is 4.79 Å². The molecule has 14 heavy (non-hydrogen) atoms. The highest BCUT2D eigenvalue weighted by Crippen LogP contribution is 2.18. The number of alkyl halides is 1. The van der Waals surface area contributed by atoms with Crippen molar-refractivity contribution in [1.29, 1.82) is 0 Å². The summed E-state index contributed by atoms with van der Waals surface area (Å²) in [5.41, 5.74) is 0.0219. The van der Waals surface area contributed by atoms with E-state index in [4.69, 9.17) is 16.7 Å². The van der Waals surface area contributed by atoms with Crippen molar-refractivity contribution in [2.75, 3.05) is 0 Å². The molecule has 0 fully saturated rings.